The van der Waals surface area contributed by atoms with Gasteiger partial charge in [0.1, 0.15) is 0 Å². The topological polar surface area (TPSA) is 24.9 Å². The Labute approximate surface area is 122 Å². The van der Waals surface area contributed by atoms with Gasteiger partial charge in [0.15, 0.2) is 0 Å². The van der Waals surface area contributed by atoms with Crippen molar-refractivity contribution in [1.82, 2.24) is 10.3 Å². The van der Waals surface area contributed by atoms with E-state index < -0.39 is 0 Å². The number of nitrogens with zero attached hydrogens (tertiary/aromatic N) is 1. The van der Waals surface area contributed by atoms with Crippen LogP contribution in [0.1, 0.15) is 38.1 Å². The zero-order chi connectivity index (χ0) is 14.4. The highest BCUT2D eigenvalue weighted by atomic mass is 14.9. The molecule has 0 spiro atoms. The fourth-order valence-electron chi connectivity index (χ4n) is 2.12. The summed E-state index contributed by atoms with van der Waals surface area (Å²) in [5.41, 5.74) is 2.34. The van der Waals surface area contributed by atoms with Gasteiger partial charge in [0.2, 0.25) is 0 Å². The number of hydrogen-bond donors (Lipinski definition) is 1. The molecule has 106 valence electrons. The van der Waals surface area contributed by atoms with E-state index in [9.17, 15) is 0 Å². The monoisotopic (exact) mass is 268 g/mol. The maximum Gasteiger partial charge on any atom is 0.0751 e. The van der Waals surface area contributed by atoms with Crippen LogP contribution in [-0.2, 0) is 0 Å². The van der Waals surface area contributed by atoms with Crippen LogP contribution in [0.2, 0.25) is 0 Å². The minimum Gasteiger partial charge on any atom is -0.305 e. The predicted molar refractivity (Wildman–Crippen MR) is 84.5 cm³/mol. The molecule has 1 aromatic carbocycles. The third-order valence-electron chi connectivity index (χ3n) is 3.90. The van der Waals surface area contributed by atoms with Crippen LogP contribution in [0.5, 0.6) is 0 Å². The lowest BCUT2D eigenvalue weighted by molar-refractivity contribution is 0.379. The minimum absolute atomic E-state index is 0.165. The Morgan fingerprint density at radius 2 is 1.65 bits per heavy atom. The van der Waals surface area contributed by atoms with Crippen LogP contribution in [0.15, 0.2) is 54.7 Å². The molecule has 0 amide bonds. The molecule has 0 aliphatic carbocycles. The largest absolute Gasteiger partial charge is 0.305 e. The van der Waals surface area contributed by atoms with Crippen LogP contribution in [0, 0.1) is 11.8 Å². The molecule has 0 saturated heterocycles. The van der Waals surface area contributed by atoms with Crippen LogP contribution >= 0.6 is 0 Å². The second-order valence-corrected chi connectivity index (χ2v) is 5.73. The number of benzene rings is 1. The third-order valence-corrected chi connectivity index (χ3v) is 3.90. The number of nitrogens with one attached hydrogen (secondary N) is 1. The highest BCUT2D eigenvalue weighted by Gasteiger charge is 2.16. The fraction of sp³-hybridized carbons (Fsp3) is 0.389. The lowest BCUT2D eigenvalue weighted by Crippen LogP contribution is -2.29. The predicted octanol–water partition coefficient (Wildman–Crippen LogP) is 4.05. The molecule has 0 saturated carbocycles. The lowest BCUT2D eigenvalue weighted by Gasteiger charge is -2.23. The molecular formula is C18H24N2. The van der Waals surface area contributed by atoms with Crippen LogP contribution in [0.3, 0.4) is 0 Å². The molecule has 0 bridgehead atoms. The molecule has 20 heavy (non-hydrogen) atoms. The summed E-state index contributed by atoms with van der Waals surface area (Å²) in [5, 5.41) is 3.67. The van der Waals surface area contributed by atoms with Crippen molar-refractivity contribution in [3.63, 3.8) is 0 Å². The van der Waals surface area contributed by atoms with E-state index >= 15 is 0 Å². The average molecular weight is 268 g/mol. The molecule has 2 unspecified atom stereocenters. The number of aromatic nitrogens is 1. The van der Waals surface area contributed by atoms with Gasteiger partial charge in [-0.2, -0.15) is 0 Å². The summed E-state index contributed by atoms with van der Waals surface area (Å²) in [6.07, 6.45) is 1.86. The smallest absolute Gasteiger partial charge is 0.0751 e. The molecule has 2 atom stereocenters. The van der Waals surface area contributed by atoms with E-state index in [0.29, 0.717) is 11.8 Å². The summed E-state index contributed by atoms with van der Waals surface area (Å²) in [6.45, 7) is 7.82. The molecule has 2 heteroatoms. The van der Waals surface area contributed by atoms with Gasteiger partial charge in [-0.05, 0) is 36.1 Å². The van der Waals surface area contributed by atoms with Crippen LogP contribution in [0.4, 0.5) is 0 Å². The normalized spacial score (nSPS) is 14.2. The first kappa shape index (κ1) is 14.7. The zero-order valence-electron chi connectivity index (χ0n) is 12.6. The van der Waals surface area contributed by atoms with Crippen molar-refractivity contribution in [3.05, 3.63) is 66.0 Å². The summed E-state index contributed by atoms with van der Waals surface area (Å²) in [5.74, 6) is 1.33. The first-order valence-electron chi connectivity index (χ1n) is 7.37. The van der Waals surface area contributed by atoms with Crippen molar-refractivity contribution in [2.24, 2.45) is 11.8 Å². The minimum atomic E-state index is 0.165. The number of pyridine rings is 1. The summed E-state index contributed by atoms with van der Waals surface area (Å²) in [6, 6.07) is 16.8. The Kier molecular flexibility index (Phi) is 5.31. The molecule has 2 nitrogen and oxygen atoms in total. The maximum atomic E-state index is 4.52. The fourth-order valence-corrected chi connectivity index (χ4v) is 2.12. The van der Waals surface area contributed by atoms with Gasteiger partial charge in [0.25, 0.3) is 0 Å². The Balaban J connectivity index is 2.17. The first-order valence-corrected chi connectivity index (χ1v) is 7.37. The molecule has 2 aromatic rings. The van der Waals surface area contributed by atoms with Crippen molar-refractivity contribution in [2.45, 2.75) is 26.8 Å². The highest BCUT2D eigenvalue weighted by molar-refractivity contribution is 5.27. The van der Waals surface area contributed by atoms with Crippen molar-refractivity contribution >= 4 is 0 Å². The van der Waals surface area contributed by atoms with E-state index in [4.69, 9.17) is 0 Å². The van der Waals surface area contributed by atoms with Crippen LogP contribution < -0.4 is 5.32 Å². The average Bonchev–Trinajstić information content (AvgIpc) is 2.49. The molecule has 1 aromatic heterocycles. The van der Waals surface area contributed by atoms with E-state index in [1.807, 2.05) is 18.3 Å². The van der Waals surface area contributed by atoms with Crippen molar-refractivity contribution < 1.29 is 0 Å². The van der Waals surface area contributed by atoms with Crippen molar-refractivity contribution in [1.29, 1.82) is 0 Å². The molecule has 0 fully saturated rings. The quantitative estimate of drug-likeness (QED) is 0.855. The Hall–Kier alpha value is -1.67. The van der Waals surface area contributed by atoms with Gasteiger partial charge in [-0.3, -0.25) is 4.98 Å². The molecule has 1 heterocycles. The van der Waals surface area contributed by atoms with Crippen LogP contribution in [-0.4, -0.2) is 11.5 Å². The van der Waals surface area contributed by atoms with Gasteiger partial charge in [-0.25, -0.2) is 0 Å². The number of hydrogen-bond acceptors (Lipinski definition) is 2. The summed E-state index contributed by atoms with van der Waals surface area (Å²) < 4.78 is 0. The van der Waals surface area contributed by atoms with Crippen molar-refractivity contribution in [2.75, 3.05) is 6.54 Å². The summed E-state index contributed by atoms with van der Waals surface area (Å²) >= 11 is 0. The Bertz CT molecular complexity index is 454. The van der Waals surface area contributed by atoms with Crippen LogP contribution in [0.25, 0.3) is 0 Å². The zero-order valence-corrected chi connectivity index (χ0v) is 12.6. The van der Waals surface area contributed by atoms with E-state index in [-0.39, 0.29) is 6.04 Å². The van der Waals surface area contributed by atoms with E-state index in [1.54, 1.807) is 0 Å². The van der Waals surface area contributed by atoms with Gasteiger partial charge >= 0.3 is 0 Å². The van der Waals surface area contributed by atoms with Gasteiger partial charge < -0.3 is 5.32 Å². The Morgan fingerprint density at radius 1 is 0.950 bits per heavy atom. The van der Waals surface area contributed by atoms with E-state index in [2.05, 4.69) is 67.5 Å². The maximum absolute atomic E-state index is 4.52. The SMILES string of the molecule is CC(C)C(C)CNC(c1ccccc1)c1ccccn1. The second kappa shape index (κ2) is 7.20. The van der Waals surface area contributed by atoms with E-state index in [0.717, 1.165) is 12.2 Å². The summed E-state index contributed by atoms with van der Waals surface area (Å²) in [4.78, 5) is 4.52. The lowest BCUT2D eigenvalue weighted by atomic mass is 9.96. The molecule has 0 aliphatic rings. The van der Waals surface area contributed by atoms with Gasteiger partial charge in [-0.15, -0.1) is 0 Å². The van der Waals surface area contributed by atoms with E-state index in [1.165, 1.54) is 5.56 Å². The molecule has 1 N–H and O–H groups in total. The standard InChI is InChI=1S/C18H24N2/c1-14(2)15(3)13-20-18(16-9-5-4-6-10-16)17-11-7-8-12-19-17/h4-12,14-15,18,20H,13H2,1-3H3. The highest BCUT2D eigenvalue weighted by Crippen LogP contribution is 2.21. The third kappa shape index (κ3) is 3.91. The van der Waals surface area contributed by atoms with Gasteiger partial charge in [0.05, 0.1) is 11.7 Å². The number of rotatable bonds is 6. The van der Waals surface area contributed by atoms with Gasteiger partial charge in [0, 0.05) is 6.20 Å². The van der Waals surface area contributed by atoms with Crippen molar-refractivity contribution in [3.8, 4) is 0 Å². The Morgan fingerprint density at radius 3 is 2.25 bits per heavy atom. The molecule has 0 radical (unpaired) electrons. The summed E-state index contributed by atoms with van der Waals surface area (Å²) in [7, 11) is 0. The first-order chi connectivity index (χ1) is 9.68. The second-order valence-electron chi connectivity index (χ2n) is 5.73. The van der Waals surface area contributed by atoms with Gasteiger partial charge in [-0.1, -0.05) is 57.2 Å². The molecule has 2 rings (SSSR count). The molecule has 0 aliphatic heterocycles. The molecular weight excluding hydrogens is 244 g/mol.